The SMILES string of the molecule is COCCCOc1cc(C(=O)N(C[C@H]2CNC[C@H]2OC(=O)N[C@@H](C)c2ccccc2)C(C)C)ccc1OC. The van der Waals surface area contributed by atoms with Crippen molar-refractivity contribution < 1.29 is 28.5 Å². The largest absolute Gasteiger partial charge is 0.493 e. The van der Waals surface area contributed by atoms with E-state index < -0.39 is 6.09 Å². The Morgan fingerprint density at radius 2 is 1.79 bits per heavy atom. The average molecular weight is 528 g/mol. The van der Waals surface area contributed by atoms with Gasteiger partial charge >= 0.3 is 6.09 Å². The summed E-state index contributed by atoms with van der Waals surface area (Å²) in [5.41, 5.74) is 1.52. The molecule has 9 nitrogen and oxygen atoms in total. The summed E-state index contributed by atoms with van der Waals surface area (Å²) in [6.45, 7) is 8.57. The monoisotopic (exact) mass is 527 g/mol. The number of amides is 2. The molecule has 2 amide bonds. The normalized spacial score (nSPS) is 17.6. The molecule has 1 saturated heterocycles. The summed E-state index contributed by atoms with van der Waals surface area (Å²) in [4.78, 5) is 28.1. The third-order valence-electron chi connectivity index (χ3n) is 6.65. The molecule has 0 saturated carbocycles. The van der Waals surface area contributed by atoms with Crippen molar-refractivity contribution in [2.75, 3.05) is 47.1 Å². The van der Waals surface area contributed by atoms with Gasteiger partial charge in [0, 0.05) is 57.3 Å². The van der Waals surface area contributed by atoms with Crippen LogP contribution in [0, 0.1) is 5.92 Å². The Bertz CT molecular complexity index is 1030. The highest BCUT2D eigenvalue weighted by Crippen LogP contribution is 2.29. The number of alkyl carbamates (subject to hydrolysis) is 1. The summed E-state index contributed by atoms with van der Waals surface area (Å²) in [7, 11) is 3.22. The van der Waals surface area contributed by atoms with Crippen LogP contribution >= 0.6 is 0 Å². The summed E-state index contributed by atoms with van der Waals surface area (Å²) in [5.74, 6) is 0.935. The minimum Gasteiger partial charge on any atom is -0.493 e. The smallest absolute Gasteiger partial charge is 0.407 e. The van der Waals surface area contributed by atoms with Gasteiger partial charge in [-0.25, -0.2) is 4.79 Å². The molecule has 0 radical (unpaired) electrons. The molecule has 9 heteroatoms. The highest BCUT2D eigenvalue weighted by molar-refractivity contribution is 5.95. The predicted molar refractivity (Wildman–Crippen MR) is 146 cm³/mol. The molecule has 0 aromatic heterocycles. The van der Waals surface area contributed by atoms with Crippen LogP contribution in [0.25, 0.3) is 0 Å². The molecule has 0 unspecified atom stereocenters. The van der Waals surface area contributed by atoms with E-state index in [0.717, 1.165) is 12.0 Å². The van der Waals surface area contributed by atoms with Gasteiger partial charge < -0.3 is 34.5 Å². The summed E-state index contributed by atoms with van der Waals surface area (Å²) >= 11 is 0. The standard InChI is InChI=1S/C29H41N3O6/c1-20(2)32(28(33)23-12-13-25(36-5)26(16-23)37-15-9-14-35-4)19-24-17-30-18-27(24)38-29(34)31-21(3)22-10-7-6-8-11-22/h6-8,10-13,16,20-21,24,27,30H,9,14-15,17-19H2,1-5H3,(H,31,34)/t21-,24+,27+/m0/s1. The molecular formula is C29H41N3O6. The maximum atomic E-state index is 13.6. The molecule has 0 aliphatic carbocycles. The first-order chi connectivity index (χ1) is 18.3. The fraction of sp³-hybridized carbons (Fsp3) is 0.517. The molecule has 3 rings (SSSR count). The second-order valence-corrected chi connectivity index (χ2v) is 9.75. The highest BCUT2D eigenvalue weighted by atomic mass is 16.6. The Morgan fingerprint density at radius 1 is 1.03 bits per heavy atom. The summed E-state index contributed by atoms with van der Waals surface area (Å²) in [6.07, 6.45) is -0.0838. The lowest BCUT2D eigenvalue weighted by Gasteiger charge is -2.31. The Hall–Kier alpha value is -3.30. The fourth-order valence-electron chi connectivity index (χ4n) is 4.46. The number of methoxy groups -OCH3 is 2. The van der Waals surface area contributed by atoms with Gasteiger partial charge in [0.05, 0.1) is 19.8 Å². The minimum atomic E-state index is -0.465. The molecule has 208 valence electrons. The molecule has 2 N–H and O–H groups in total. The van der Waals surface area contributed by atoms with Crippen molar-refractivity contribution in [1.29, 1.82) is 0 Å². The zero-order valence-electron chi connectivity index (χ0n) is 23.1. The molecule has 1 aliphatic rings. The average Bonchev–Trinajstić information content (AvgIpc) is 3.35. The number of carbonyl (C=O) groups is 2. The Balaban J connectivity index is 1.65. The zero-order valence-corrected chi connectivity index (χ0v) is 23.1. The number of hydrogen-bond acceptors (Lipinski definition) is 7. The van der Waals surface area contributed by atoms with Gasteiger partial charge in [0.15, 0.2) is 11.5 Å². The topological polar surface area (TPSA) is 98.4 Å². The number of ether oxygens (including phenoxy) is 4. The first-order valence-corrected chi connectivity index (χ1v) is 13.2. The molecule has 0 spiro atoms. The first-order valence-electron chi connectivity index (χ1n) is 13.2. The van der Waals surface area contributed by atoms with E-state index in [1.807, 2.05) is 56.0 Å². The van der Waals surface area contributed by atoms with Crippen molar-refractivity contribution in [2.45, 2.75) is 45.4 Å². The van der Waals surface area contributed by atoms with Crippen LogP contribution in [0.3, 0.4) is 0 Å². The highest BCUT2D eigenvalue weighted by Gasteiger charge is 2.34. The molecule has 2 aromatic carbocycles. The van der Waals surface area contributed by atoms with Crippen LogP contribution in [-0.2, 0) is 9.47 Å². The van der Waals surface area contributed by atoms with Crippen molar-refractivity contribution >= 4 is 12.0 Å². The van der Waals surface area contributed by atoms with Crippen molar-refractivity contribution in [3.8, 4) is 11.5 Å². The van der Waals surface area contributed by atoms with Crippen LogP contribution in [0.2, 0.25) is 0 Å². The maximum absolute atomic E-state index is 13.6. The zero-order chi connectivity index (χ0) is 27.5. The minimum absolute atomic E-state index is 0.0397. The van der Waals surface area contributed by atoms with E-state index in [-0.39, 0.29) is 30.0 Å². The Labute approximate surface area is 225 Å². The van der Waals surface area contributed by atoms with Crippen molar-refractivity contribution in [2.24, 2.45) is 5.92 Å². The molecule has 1 aliphatic heterocycles. The quantitative estimate of drug-likeness (QED) is 0.380. The van der Waals surface area contributed by atoms with Crippen molar-refractivity contribution in [3.63, 3.8) is 0 Å². The lowest BCUT2D eigenvalue weighted by atomic mass is 10.0. The van der Waals surface area contributed by atoms with Gasteiger partial charge in [-0.15, -0.1) is 0 Å². The second kappa shape index (κ2) is 14.6. The van der Waals surface area contributed by atoms with Gasteiger partial charge in [-0.05, 0) is 44.5 Å². The number of hydrogen-bond donors (Lipinski definition) is 2. The van der Waals surface area contributed by atoms with Crippen molar-refractivity contribution in [1.82, 2.24) is 15.5 Å². The molecule has 1 heterocycles. The van der Waals surface area contributed by atoms with E-state index in [1.54, 1.807) is 32.4 Å². The van der Waals surface area contributed by atoms with E-state index in [2.05, 4.69) is 10.6 Å². The lowest BCUT2D eigenvalue weighted by molar-refractivity contribution is 0.0516. The van der Waals surface area contributed by atoms with Gasteiger partial charge in [-0.2, -0.15) is 0 Å². The summed E-state index contributed by atoms with van der Waals surface area (Å²) < 4.78 is 22.2. The molecule has 3 atom stereocenters. The maximum Gasteiger partial charge on any atom is 0.407 e. The van der Waals surface area contributed by atoms with E-state index >= 15 is 0 Å². The Kier molecular flexibility index (Phi) is 11.2. The van der Waals surface area contributed by atoms with Crippen LogP contribution in [0.5, 0.6) is 11.5 Å². The van der Waals surface area contributed by atoms with Gasteiger partial charge in [0.25, 0.3) is 5.91 Å². The molecule has 2 aromatic rings. The molecule has 0 bridgehead atoms. The lowest BCUT2D eigenvalue weighted by Crippen LogP contribution is -2.44. The van der Waals surface area contributed by atoms with Gasteiger partial charge in [0.1, 0.15) is 6.10 Å². The van der Waals surface area contributed by atoms with E-state index in [9.17, 15) is 9.59 Å². The number of benzene rings is 2. The van der Waals surface area contributed by atoms with E-state index in [0.29, 0.717) is 49.9 Å². The van der Waals surface area contributed by atoms with E-state index in [4.69, 9.17) is 18.9 Å². The van der Waals surface area contributed by atoms with Gasteiger partial charge in [-0.1, -0.05) is 30.3 Å². The molecular weight excluding hydrogens is 486 g/mol. The van der Waals surface area contributed by atoms with Crippen LogP contribution in [0.1, 0.15) is 49.2 Å². The third-order valence-corrected chi connectivity index (χ3v) is 6.65. The van der Waals surface area contributed by atoms with Gasteiger partial charge in [-0.3, -0.25) is 4.79 Å². The first kappa shape index (κ1) is 29.3. The summed E-state index contributed by atoms with van der Waals surface area (Å²) in [6, 6.07) is 14.7. The second-order valence-electron chi connectivity index (χ2n) is 9.75. The van der Waals surface area contributed by atoms with Crippen LogP contribution in [0.4, 0.5) is 4.79 Å². The number of carbonyl (C=O) groups excluding carboxylic acids is 2. The van der Waals surface area contributed by atoms with Crippen molar-refractivity contribution in [3.05, 3.63) is 59.7 Å². The fourth-order valence-corrected chi connectivity index (χ4v) is 4.46. The molecule has 1 fully saturated rings. The Morgan fingerprint density at radius 3 is 2.47 bits per heavy atom. The third kappa shape index (κ3) is 8.10. The van der Waals surface area contributed by atoms with Crippen LogP contribution in [-0.4, -0.2) is 76.1 Å². The molecule has 38 heavy (non-hydrogen) atoms. The number of nitrogens with one attached hydrogen (secondary N) is 2. The van der Waals surface area contributed by atoms with Crippen LogP contribution < -0.4 is 20.1 Å². The number of rotatable bonds is 13. The summed E-state index contributed by atoms with van der Waals surface area (Å²) in [5, 5.41) is 6.21. The predicted octanol–water partition coefficient (Wildman–Crippen LogP) is 4.04. The van der Waals surface area contributed by atoms with Crippen LogP contribution in [0.15, 0.2) is 48.5 Å². The van der Waals surface area contributed by atoms with E-state index in [1.165, 1.54) is 0 Å². The van der Waals surface area contributed by atoms with Gasteiger partial charge in [0.2, 0.25) is 0 Å². The number of nitrogens with zero attached hydrogens (tertiary/aromatic N) is 1.